The van der Waals surface area contributed by atoms with Crippen LogP contribution in [0.5, 0.6) is 5.75 Å². The first-order valence-electron chi connectivity index (χ1n) is 11.3. The van der Waals surface area contributed by atoms with Crippen LogP contribution < -0.4 is 9.64 Å². The van der Waals surface area contributed by atoms with Crippen molar-refractivity contribution in [1.82, 2.24) is 4.90 Å². The van der Waals surface area contributed by atoms with Crippen molar-refractivity contribution < 1.29 is 19.1 Å². The van der Waals surface area contributed by atoms with E-state index in [4.69, 9.17) is 4.74 Å². The number of imide groups is 1. The lowest BCUT2D eigenvalue weighted by atomic mass is 10.0. The van der Waals surface area contributed by atoms with Crippen LogP contribution in [-0.2, 0) is 4.79 Å². The average molecular weight is 457 g/mol. The van der Waals surface area contributed by atoms with Crippen molar-refractivity contribution >= 4 is 23.4 Å². The predicted molar refractivity (Wildman–Crippen MR) is 131 cm³/mol. The molecular formula is C28H28N2O4. The third-order valence-electron chi connectivity index (χ3n) is 5.92. The zero-order chi connectivity index (χ0) is 24.4. The zero-order valence-electron chi connectivity index (χ0n) is 19.9. The Bertz CT molecular complexity index is 1230. The number of aryl methyl sites for hydroxylation is 2. The SMILES string of the molecule is Cc1cccc(N(CN2C(=O)c3ccccc3C2=O)C(=O)COc2cc(C)ccc2C(C)C)c1. The van der Waals surface area contributed by atoms with Gasteiger partial charge in [-0.3, -0.25) is 24.2 Å². The van der Waals surface area contributed by atoms with E-state index in [0.29, 0.717) is 22.6 Å². The van der Waals surface area contributed by atoms with Crippen LogP contribution in [0, 0.1) is 13.8 Å². The number of hydrogen-bond acceptors (Lipinski definition) is 4. The van der Waals surface area contributed by atoms with Gasteiger partial charge in [-0.05, 0) is 66.8 Å². The number of amides is 3. The second-order valence-corrected chi connectivity index (χ2v) is 8.87. The van der Waals surface area contributed by atoms with Gasteiger partial charge < -0.3 is 4.74 Å². The van der Waals surface area contributed by atoms with Crippen LogP contribution in [0.25, 0.3) is 0 Å². The highest BCUT2D eigenvalue weighted by molar-refractivity contribution is 6.21. The monoisotopic (exact) mass is 456 g/mol. The summed E-state index contributed by atoms with van der Waals surface area (Å²) < 4.78 is 5.97. The van der Waals surface area contributed by atoms with E-state index in [2.05, 4.69) is 13.8 Å². The first-order chi connectivity index (χ1) is 16.3. The maximum atomic E-state index is 13.4. The molecule has 0 saturated carbocycles. The summed E-state index contributed by atoms with van der Waals surface area (Å²) >= 11 is 0. The quantitative estimate of drug-likeness (QED) is 0.465. The number of ether oxygens (including phenoxy) is 1. The molecule has 0 atom stereocenters. The van der Waals surface area contributed by atoms with Crippen molar-refractivity contribution in [1.29, 1.82) is 0 Å². The van der Waals surface area contributed by atoms with Crippen LogP contribution in [0.1, 0.15) is 57.2 Å². The number of hydrogen-bond donors (Lipinski definition) is 0. The molecule has 1 aliphatic heterocycles. The van der Waals surface area contributed by atoms with Gasteiger partial charge in [0, 0.05) is 5.69 Å². The van der Waals surface area contributed by atoms with Gasteiger partial charge in [-0.15, -0.1) is 0 Å². The van der Waals surface area contributed by atoms with Crippen molar-refractivity contribution in [3.05, 3.63) is 94.5 Å². The Morgan fingerprint density at radius 1 is 0.882 bits per heavy atom. The smallest absolute Gasteiger partial charge is 0.266 e. The molecule has 0 spiro atoms. The molecule has 4 rings (SSSR count). The molecule has 3 amide bonds. The van der Waals surface area contributed by atoms with Gasteiger partial charge >= 0.3 is 0 Å². The van der Waals surface area contributed by atoms with Crippen LogP contribution in [0.15, 0.2) is 66.7 Å². The molecule has 0 bridgehead atoms. The molecule has 34 heavy (non-hydrogen) atoms. The molecular weight excluding hydrogens is 428 g/mol. The third kappa shape index (κ3) is 4.57. The molecule has 1 aliphatic rings. The number of carbonyl (C=O) groups excluding carboxylic acids is 3. The van der Waals surface area contributed by atoms with Crippen LogP contribution in [0.4, 0.5) is 5.69 Å². The third-order valence-corrected chi connectivity index (χ3v) is 5.92. The summed E-state index contributed by atoms with van der Waals surface area (Å²) in [6.45, 7) is 7.62. The second kappa shape index (κ2) is 9.51. The Hall–Kier alpha value is -3.93. The van der Waals surface area contributed by atoms with Gasteiger partial charge in [0.1, 0.15) is 12.4 Å². The van der Waals surface area contributed by atoms with Gasteiger partial charge in [0.2, 0.25) is 0 Å². The van der Waals surface area contributed by atoms with E-state index in [1.807, 2.05) is 50.2 Å². The van der Waals surface area contributed by atoms with Crippen LogP contribution in [-0.4, -0.2) is 35.9 Å². The Kier molecular flexibility index (Phi) is 6.50. The first kappa shape index (κ1) is 23.2. The van der Waals surface area contributed by atoms with Crippen molar-refractivity contribution in [2.45, 2.75) is 33.6 Å². The highest BCUT2D eigenvalue weighted by Gasteiger charge is 2.37. The number of carbonyl (C=O) groups is 3. The predicted octanol–water partition coefficient (Wildman–Crippen LogP) is 5.09. The standard InChI is InChI=1S/C28H28N2O4/c1-18(2)22-13-12-20(4)15-25(22)34-16-26(31)29(21-9-7-8-19(3)14-21)17-30-27(32)23-10-5-6-11-24(23)28(30)33/h5-15,18H,16-17H2,1-4H3. The highest BCUT2D eigenvalue weighted by Crippen LogP contribution is 2.28. The van der Waals surface area contributed by atoms with Crippen LogP contribution in [0.3, 0.4) is 0 Å². The van der Waals surface area contributed by atoms with Gasteiger partial charge in [0.15, 0.2) is 6.61 Å². The van der Waals surface area contributed by atoms with E-state index < -0.39 is 11.8 Å². The van der Waals surface area contributed by atoms with Gasteiger partial charge in [0.25, 0.3) is 17.7 Å². The minimum absolute atomic E-state index is 0.192. The fourth-order valence-corrected chi connectivity index (χ4v) is 4.07. The van der Waals surface area contributed by atoms with E-state index in [-0.39, 0.29) is 25.1 Å². The number of anilines is 1. The molecule has 1 heterocycles. The molecule has 0 radical (unpaired) electrons. The second-order valence-electron chi connectivity index (χ2n) is 8.87. The molecule has 3 aromatic rings. The minimum Gasteiger partial charge on any atom is -0.483 e. The Morgan fingerprint density at radius 2 is 1.53 bits per heavy atom. The highest BCUT2D eigenvalue weighted by atomic mass is 16.5. The molecule has 0 N–H and O–H groups in total. The number of rotatable bonds is 7. The first-order valence-corrected chi connectivity index (χ1v) is 11.3. The van der Waals surface area contributed by atoms with E-state index >= 15 is 0 Å². The lowest BCUT2D eigenvalue weighted by Crippen LogP contribution is -2.46. The average Bonchev–Trinajstić information content (AvgIpc) is 3.05. The van der Waals surface area contributed by atoms with Crippen molar-refractivity contribution in [3.63, 3.8) is 0 Å². The fraction of sp³-hybridized carbons (Fsp3) is 0.250. The summed E-state index contributed by atoms with van der Waals surface area (Å²) in [4.78, 5) is 41.8. The van der Waals surface area contributed by atoms with E-state index in [0.717, 1.165) is 21.6 Å². The molecule has 0 aliphatic carbocycles. The Labute approximate surface area is 199 Å². The molecule has 3 aromatic carbocycles. The summed E-state index contributed by atoms with van der Waals surface area (Å²) in [5, 5.41) is 0. The van der Waals surface area contributed by atoms with Crippen LogP contribution in [0.2, 0.25) is 0 Å². The van der Waals surface area contributed by atoms with Gasteiger partial charge in [-0.2, -0.15) is 0 Å². The molecule has 0 fully saturated rings. The van der Waals surface area contributed by atoms with Gasteiger partial charge in [0.05, 0.1) is 11.1 Å². The lowest BCUT2D eigenvalue weighted by molar-refractivity contribution is -0.120. The molecule has 174 valence electrons. The summed E-state index contributed by atoms with van der Waals surface area (Å²) in [5.74, 6) is -0.274. The van der Waals surface area contributed by atoms with Gasteiger partial charge in [-0.1, -0.05) is 50.2 Å². The molecule has 6 nitrogen and oxygen atoms in total. The maximum Gasteiger partial charge on any atom is 0.266 e. The van der Waals surface area contributed by atoms with E-state index in [1.165, 1.54) is 4.90 Å². The number of nitrogens with zero attached hydrogens (tertiary/aromatic N) is 2. The summed E-state index contributed by atoms with van der Waals surface area (Å²) in [6.07, 6.45) is 0. The topological polar surface area (TPSA) is 66.9 Å². The van der Waals surface area contributed by atoms with Crippen molar-refractivity contribution in [2.75, 3.05) is 18.2 Å². The van der Waals surface area contributed by atoms with E-state index in [1.54, 1.807) is 30.3 Å². The van der Waals surface area contributed by atoms with Crippen LogP contribution >= 0.6 is 0 Å². The fourth-order valence-electron chi connectivity index (χ4n) is 4.07. The summed E-state index contributed by atoms with van der Waals surface area (Å²) in [5.41, 5.74) is 4.30. The summed E-state index contributed by atoms with van der Waals surface area (Å²) in [6, 6.07) is 20.0. The normalized spacial score (nSPS) is 12.8. The minimum atomic E-state index is -0.409. The maximum absolute atomic E-state index is 13.4. The van der Waals surface area contributed by atoms with Crippen molar-refractivity contribution in [2.24, 2.45) is 0 Å². The number of fused-ring (bicyclic) bond motifs is 1. The Balaban J connectivity index is 1.60. The largest absolute Gasteiger partial charge is 0.483 e. The Morgan fingerprint density at radius 3 is 2.15 bits per heavy atom. The molecule has 0 unspecified atom stereocenters. The molecule has 0 saturated heterocycles. The van der Waals surface area contributed by atoms with Gasteiger partial charge in [-0.25, -0.2) is 0 Å². The zero-order valence-corrected chi connectivity index (χ0v) is 19.9. The van der Waals surface area contributed by atoms with E-state index in [9.17, 15) is 14.4 Å². The van der Waals surface area contributed by atoms with Crippen molar-refractivity contribution in [3.8, 4) is 5.75 Å². The number of benzene rings is 3. The summed E-state index contributed by atoms with van der Waals surface area (Å²) in [7, 11) is 0. The molecule has 0 aromatic heterocycles. The lowest BCUT2D eigenvalue weighted by Gasteiger charge is -2.27. The molecule has 6 heteroatoms.